The molecule has 0 aliphatic rings. The van der Waals surface area contributed by atoms with Crippen LogP contribution in [0, 0.1) is 18.6 Å². The van der Waals surface area contributed by atoms with Crippen molar-refractivity contribution >= 4 is 44.4 Å². The van der Waals surface area contributed by atoms with Gasteiger partial charge in [-0.25, -0.2) is 14.7 Å². The van der Waals surface area contributed by atoms with Crippen molar-refractivity contribution in [3.63, 3.8) is 0 Å². The van der Waals surface area contributed by atoms with Gasteiger partial charge in [0.25, 0.3) is 0 Å². The molecule has 46 heavy (non-hydrogen) atoms. The van der Waals surface area contributed by atoms with Crippen LogP contribution in [0.5, 0.6) is 0 Å². The van der Waals surface area contributed by atoms with E-state index >= 15 is 0 Å². The largest absolute Gasteiger partial charge is 0.300 e. The number of halogens is 1. The molecule has 4 aromatic carbocycles. The molecule has 0 saturated carbocycles. The van der Waals surface area contributed by atoms with Gasteiger partial charge in [-0.15, -0.1) is 0 Å². The summed E-state index contributed by atoms with van der Waals surface area (Å²) in [6.07, 6.45) is 6.38. The number of nitrogens with one attached hydrogen (secondary N) is 1. The number of hydrogen-bond acceptors (Lipinski definition) is 4. The van der Waals surface area contributed by atoms with Gasteiger partial charge in [0, 0.05) is 60.8 Å². The maximum atomic E-state index is 7.97. The molecule has 226 valence electrons. The van der Waals surface area contributed by atoms with Crippen molar-refractivity contribution in [1.82, 2.24) is 9.97 Å². The van der Waals surface area contributed by atoms with Gasteiger partial charge >= 0.3 is 0 Å². The molecule has 2 heterocycles. The Morgan fingerprint density at radius 2 is 0.957 bits per heavy atom. The van der Waals surface area contributed by atoms with Gasteiger partial charge in [-0.1, -0.05) is 137 Å². The molecule has 8 heteroatoms. The molecule has 0 aliphatic carbocycles. The van der Waals surface area contributed by atoms with E-state index in [4.69, 9.17) is 23.5 Å². The van der Waals surface area contributed by atoms with Gasteiger partial charge in [-0.3, -0.25) is 15.4 Å². The van der Waals surface area contributed by atoms with Crippen LogP contribution in [-0.2, 0) is 20.4 Å². The number of aromatic nitrogens is 2. The van der Waals surface area contributed by atoms with Gasteiger partial charge in [0.1, 0.15) is 0 Å². The Bertz CT molecular complexity index is 1850. The Hall–Kier alpha value is -5.36. The van der Waals surface area contributed by atoms with Crippen LogP contribution >= 0.6 is 15.9 Å². The monoisotopic (exact) mass is 752 g/mol. The third kappa shape index (κ3) is 11.0. The van der Waals surface area contributed by atoms with E-state index in [1.54, 1.807) is 24.5 Å². The molecule has 2 aromatic heterocycles. The van der Waals surface area contributed by atoms with Crippen LogP contribution in [0.2, 0.25) is 0 Å². The van der Waals surface area contributed by atoms with Gasteiger partial charge in [-0.2, -0.15) is 0 Å². The van der Waals surface area contributed by atoms with Gasteiger partial charge in [0.2, 0.25) is 11.4 Å². The maximum absolute atomic E-state index is 7.97. The van der Waals surface area contributed by atoms with Crippen molar-refractivity contribution in [1.29, 1.82) is 5.41 Å². The smallest absolute Gasteiger partial charge is 0.207 e. The van der Waals surface area contributed by atoms with E-state index in [0.29, 0.717) is 22.8 Å². The van der Waals surface area contributed by atoms with E-state index in [1.807, 2.05) is 121 Å². The SMILES string of the molecule is N=C(c1ccccc1)c1ccccc1.[C-]#[N+]c1cncc(Br)c1.[C-]#[N+]c1cncc(N=C(c2ccccc2)c2ccccc2)c1.[Pd]. The summed E-state index contributed by atoms with van der Waals surface area (Å²) >= 11 is 3.20. The van der Waals surface area contributed by atoms with Crippen molar-refractivity contribution < 1.29 is 20.4 Å². The molecule has 6 nitrogen and oxygen atoms in total. The van der Waals surface area contributed by atoms with E-state index < -0.39 is 0 Å². The molecule has 0 aliphatic heterocycles. The summed E-state index contributed by atoms with van der Waals surface area (Å²) in [7, 11) is 0. The summed E-state index contributed by atoms with van der Waals surface area (Å²) in [5.41, 5.74) is 7.14. The first-order chi connectivity index (χ1) is 22.1. The molecular weight excluding hydrogens is 727 g/mol. The third-order valence-electron chi connectivity index (χ3n) is 6.12. The predicted molar refractivity (Wildman–Crippen MR) is 186 cm³/mol. The third-order valence-corrected chi connectivity index (χ3v) is 6.55. The standard InChI is InChI=1S/C19H13N3.C13H11N.C6H3BrN2.Pd/c1-20-17-12-18(14-21-13-17)22-19(15-8-4-2-5-9-15)16-10-6-3-7-11-16;14-13(11-7-3-1-4-8-11)12-9-5-2-6-10-12;1-8-6-2-5(7)3-9-4-6;/h2-14H;1-10,14H;2-4H;. The first-order valence-corrected chi connectivity index (χ1v) is 14.6. The van der Waals surface area contributed by atoms with Crippen molar-refractivity contribution in [3.05, 3.63) is 208 Å². The Balaban J connectivity index is 0.000000205. The predicted octanol–water partition coefficient (Wildman–Crippen LogP) is 10.3. The first kappa shape index (κ1) is 35.1. The van der Waals surface area contributed by atoms with Crippen LogP contribution in [0.15, 0.2) is 168 Å². The zero-order valence-electron chi connectivity index (χ0n) is 24.4. The normalized spacial score (nSPS) is 9.28. The van der Waals surface area contributed by atoms with Crippen LogP contribution in [0.25, 0.3) is 9.69 Å². The minimum atomic E-state index is 0. The van der Waals surface area contributed by atoms with Crippen LogP contribution < -0.4 is 0 Å². The molecule has 0 radical (unpaired) electrons. The molecule has 6 rings (SSSR count). The molecule has 0 spiro atoms. The van der Waals surface area contributed by atoms with E-state index in [0.717, 1.165) is 32.4 Å². The number of nitrogens with zero attached hydrogens (tertiary/aromatic N) is 5. The van der Waals surface area contributed by atoms with Crippen molar-refractivity contribution in [2.24, 2.45) is 4.99 Å². The Morgan fingerprint density at radius 3 is 1.35 bits per heavy atom. The molecule has 1 N–H and O–H groups in total. The number of aliphatic imine (C=N–C) groups is 1. The number of hydrogen-bond donors (Lipinski definition) is 1. The van der Waals surface area contributed by atoms with Gasteiger partial charge < -0.3 is 0 Å². The second-order valence-corrected chi connectivity index (χ2v) is 10.2. The second kappa shape index (κ2) is 19.1. The summed E-state index contributed by atoms with van der Waals surface area (Å²) in [5.74, 6) is 0. The first-order valence-electron chi connectivity index (χ1n) is 13.8. The zero-order valence-corrected chi connectivity index (χ0v) is 27.6. The number of pyridine rings is 2. The Labute approximate surface area is 291 Å². The van der Waals surface area contributed by atoms with E-state index in [2.05, 4.69) is 35.6 Å². The fourth-order valence-corrected chi connectivity index (χ4v) is 4.35. The van der Waals surface area contributed by atoms with E-state index in [9.17, 15) is 0 Å². The van der Waals surface area contributed by atoms with Gasteiger partial charge in [0.05, 0.1) is 30.3 Å². The summed E-state index contributed by atoms with van der Waals surface area (Å²) in [5, 5.41) is 7.97. The molecule has 0 atom stereocenters. The van der Waals surface area contributed by atoms with Crippen molar-refractivity contribution in [2.45, 2.75) is 0 Å². The van der Waals surface area contributed by atoms with Gasteiger partial charge in [0.15, 0.2) is 0 Å². The summed E-state index contributed by atoms with van der Waals surface area (Å²) in [6, 6.07) is 43.0. The average molecular weight is 754 g/mol. The molecular formula is C38H27BrN6Pd. The minimum Gasteiger partial charge on any atom is -0.300 e. The van der Waals surface area contributed by atoms with Gasteiger partial charge in [-0.05, 0) is 23.3 Å². The molecule has 0 bridgehead atoms. The molecule has 6 aromatic rings. The number of rotatable bonds is 5. The fourth-order valence-electron chi connectivity index (χ4n) is 3.99. The van der Waals surface area contributed by atoms with Crippen LogP contribution in [0.3, 0.4) is 0 Å². The Kier molecular flexibility index (Phi) is 14.6. The molecule has 0 unspecified atom stereocenters. The Morgan fingerprint density at radius 1 is 0.565 bits per heavy atom. The van der Waals surface area contributed by atoms with Crippen molar-refractivity contribution in [2.75, 3.05) is 0 Å². The maximum Gasteiger partial charge on any atom is 0.207 e. The van der Waals surface area contributed by atoms with E-state index in [1.165, 1.54) is 12.4 Å². The number of benzene rings is 4. The molecule has 0 amide bonds. The zero-order chi connectivity index (χ0) is 31.7. The second-order valence-electron chi connectivity index (χ2n) is 9.29. The summed E-state index contributed by atoms with van der Waals surface area (Å²) in [6.45, 7) is 13.7. The summed E-state index contributed by atoms with van der Waals surface area (Å²) < 4.78 is 0.844. The van der Waals surface area contributed by atoms with Crippen LogP contribution in [0.1, 0.15) is 22.3 Å². The molecule has 0 fully saturated rings. The molecule has 0 saturated heterocycles. The van der Waals surface area contributed by atoms with Crippen LogP contribution in [-0.4, -0.2) is 21.4 Å². The van der Waals surface area contributed by atoms with Crippen molar-refractivity contribution in [3.8, 4) is 0 Å². The average Bonchev–Trinajstić information content (AvgIpc) is 3.12. The minimum absolute atomic E-state index is 0. The fraction of sp³-hybridized carbons (Fsp3) is 0. The summed E-state index contributed by atoms with van der Waals surface area (Å²) in [4.78, 5) is 19.2. The van der Waals surface area contributed by atoms with E-state index in [-0.39, 0.29) is 20.4 Å². The van der Waals surface area contributed by atoms with Crippen LogP contribution in [0.4, 0.5) is 17.1 Å². The topological polar surface area (TPSA) is 70.7 Å². The quantitative estimate of drug-likeness (QED) is 0.108.